The van der Waals surface area contributed by atoms with Crippen molar-refractivity contribution in [3.63, 3.8) is 0 Å². The number of aryl methyl sites for hydroxylation is 1. The van der Waals surface area contributed by atoms with Crippen molar-refractivity contribution < 1.29 is 9.66 Å². The van der Waals surface area contributed by atoms with E-state index in [4.69, 9.17) is 4.74 Å². The Morgan fingerprint density at radius 3 is 2.52 bits per heavy atom. The number of hydrogen-bond donors (Lipinski definition) is 0. The smallest absolute Gasteiger partial charge is 0.310 e. The molecule has 0 aliphatic heterocycles. The van der Waals surface area contributed by atoms with Crippen LogP contribution >= 0.6 is 15.9 Å². The van der Waals surface area contributed by atoms with Crippen molar-refractivity contribution in [3.05, 3.63) is 69.8 Å². The number of alkyl halides is 1. The van der Waals surface area contributed by atoms with E-state index in [1.807, 2.05) is 18.2 Å². The molecule has 0 bridgehead atoms. The highest BCUT2D eigenvalue weighted by Gasteiger charge is 2.15. The summed E-state index contributed by atoms with van der Waals surface area (Å²) in [5.41, 5.74) is 2.21. The van der Waals surface area contributed by atoms with Gasteiger partial charge in [-0.1, -0.05) is 52.3 Å². The van der Waals surface area contributed by atoms with Crippen LogP contribution < -0.4 is 4.74 Å². The zero-order chi connectivity index (χ0) is 15.1. The molecule has 0 atom stereocenters. The fraction of sp³-hybridized carbons (Fsp3) is 0.250. The van der Waals surface area contributed by atoms with Gasteiger partial charge in [-0.3, -0.25) is 10.1 Å². The Balaban J connectivity index is 1.94. The second kappa shape index (κ2) is 7.78. The number of halogens is 1. The summed E-state index contributed by atoms with van der Waals surface area (Å²) < 4.78 is 5.60. The van der Waals surface area contributed by atoms with E-state index < -0.39 is 4.92 Å². The Labute approximate surface area is 132 Å². The van der Waals surface area contributed by atoms with Crippen LogP contribution in [0.4, 0.5) is 5.69 Å². The van der Waals surface area contributed by atoms with E-state index >= 15 is 0 Å². The molecule has 0 heterocycles. The summed E-state index contributed by atoms with van der Waals surface area (Å²) in [5, 5.41) is 11.6. The minimum Gasteiger partial charge on any atom is -0.487 e. The third kappa shape index (κ3) is 4.56. The molecule has 0 N–H and O–H groups in total. The van der Waals surface area contributed by atoms with Gasteiger partial charge < -0.3 is 4.74 Å². The molecule has 0 aromatic heterocycles. The Bertz CT molecular complexity index is 602. The van der Waals surface area contributed by atoms with Crippen LogP contribution in [0.5, 0.6) is 5.75 Å². The summed E-state index contributed by atoms with van der Waals surface area (Å²) >= 11 is 3.34. The Morgan fingerprint density at radius 1 is 1.10 bits per heavy atom. The summed E-state index contributed by atoms with van der Waals surface area (Å²) in [7, 11) is 0. The van der Waals surface area contributed by atoms with Gasteiger partial charge >= 0.3 is 5.69 Å². The lowest BCUT2D eigenvalue weighted by atomic mass is 10.1. The van der Waals surface area contributed by atoms with Crippen molar-refractivity contribution in [2.45, 2.75) is 18.2 Å². The number of benzene rings is 2. The molecular formula is C16H16BrNO3. The van der Waals surface area contributed by atoms with Gasteiger partial charge in [-0.25, -0.2) is 0 Å². The molecule has 110 valence electrons. The first-order valence-corrected chi connectivity index (χ1v) is 7.83. The van der Waals surface area contributed by atoms with Crippen molar-refractivity contribution in [1.82, 2.24) is 0 Å². The largest absolute Gasteiger partial charge is 0.487 e. The first kappa shape index (κ1) is 15.5. The number of rotatable bonds is 7. The van der Waals surface area contributed by atoms with Crippen molar-refractivity contribution in [1.29, 1.82) is 0 Å². The van der Waals surface area contributed by atoms with Crippen LogP contribution in [0.2, 0.25) is 0 Å². The van der Waals surface area contributed by atoms with Gasteiger partial charge in [-0.05, 0) is 30.0 Å². The molecule has 0 fully saturated rings. The third-order valence-electron chi connectivity index (χ3n) is 3.09. The predicted octanol–water partition coefficient (Wildman–Crippen LogP) is 4.50. The highest BCUT2D eigenvalue weighted by molar-refractivity contribution is 9.08. The Hall–Kier alpha value is -1.88. The molecule has 5 heteroatoms. The molecule has 0 aliphatic rings. The topological polar surface area (TPSA) is 52.4 Å². The minimum atomic E-state index is -0.412. The molecule has 0 radical (unpaired) electrons. The van der Waals surface area contributed by atoms with Crippen LogP contribution in [-0.2, 0) is 11.8 Å². The molecule has 21 heavy (non-hydrogen) atoms. The SMILES string of the molecule is O=[N+]([O-])c1ccc(CBr)cc1OCCCc1ccccc1. The lowest BCUT2D eigenvalue weighted by molar-refractivity contribution is -0.385. The molecule has 2 aromatic carbocycles. The maximum Gasteiger partial charge on any atom is 0.310 e. The van der Waals surface area contributed by atoms with Crippen molar-refractivity contribution >= 4 is 21.6 Å². The summed E-state index contributed by atoms with van der Waals surface area (Å²) in [5.74, 6) is 0.338. The minimum absolute atomic E-state index is 0.0133. The van der Waals surface area contributed by atoms with Crippen LogP contribution in [0.3, 0.4) is 0 Å². The molecule has 2 aromatic rings. The third-order valence-corrected chi connectivity index (χ3v) is 3.73. The van der Waals surface area contributed by atoms with E-state index in [0.29, 0.717) is 17.7 Å². The van der Waals surface area contributed by atoms with Crippen LogP contribution in [0.25, 0.3) is 0 Å². The standard InChI is InChI=1S/C16H16BrNO3/c17-12-14-8-9-15(18(19)20)16(11-14)21-10-4-7-13-5-2-1-3-6-13/h1-3,5-6,8-9,11H,4,7,10,12H2. The highest BCUT2D eigenvalue weighted by atomic mass is 79.9. The van der Waals surface area contributed by atoms with Gasteiger partial charge in [0.15, 0.2) is 5.75 Å². The van der Waals surface area contributed by atoms with Gasteiger partial charge in [-0.15, -0.1) is 0 Å². The summed E-state index contributed by atoms with van der Waals surface area (Å²) in [6.45, 7) is 0.460. The van der Waals surface area contributed by atoms with Crippen molar-refractivity contribution in [3.8, 4) is 5.75 Å². The van der Waals surface area contributed by atoms with Gasteiger partial charge in [-0.2, -0.15) is 0 Å². The van der Waals surface area contributed by atoms with Crippen LogP contribution in [0, 0.1) is 10.1 Å². The van der Waals surface area contributed by atoms with Crippen LogP contribution in [0.15, 0.2) is 48.5 Å². The van der Waals surface area contributed by atoms with E-state index in [0.717, 1.165) is 18.4 Å². The van der Waals surface area contributed by atoms with E-state index in [1.54, 1.807) is 12.1 Å². The molecule has 0 spiro atoms. The first-order valence-electron chi connectivity index (χ1n) is 6.70. The second-order valence-electron chi connectivity index (χ2n) is 4.63. The summed E-state index contributed by atoms with van der Waals surface area (Å²) in [6, 6.07) is 15.0. The number of hydrogen-bond acceptors (Lipinski definition) is 3. The van der Waals surface area contributed by atoms with Crippen LogP contribution in [0.1, 0.15) is 17.5 Å². The summed E-state index contributed by atoms with van der Waals surface area (Å²) in [6.07, 6.45) is 1.71. The van der Waals surface area contributed by atoms with Crippen molar-refractivity contribution in [2.24, 2.45) is 0 Å². The first-order chi connectivity index (χ1) is 10.2. The maximum absolute atomic E-state index is 11.0. The molecule has 4 nitrogen and oxygen atoms in total. The van der Waals surface area contributed by atoms with E-state index in [9.17, 15) is 10.1 Å². The van der Waals surface area contributed by atoms with Crippen LogP contribution in [-0.4, -0.2) is 11.5 Å². The monoisotopic (exact) mass is 349 g/mol. The zero-order valence-corrected chi connectivity index (χ0v) is 13.1. The molecule has 0 aliphatic carbocycles. The molecule has 2 rings (SSSR count). The van der Waals surface area contributed by atoms with Gasteiger partial charge in [0.1, 0.15) is 0 Å². The quantitative estimate of drug-likeness (QED) is 0.320. The average molecular weight is 350 g/mol. The molecule has 0 unspecified atom stereocenters. The van der Waals surface area contributed by atoms with Gasteiger partial charge in [0.2, 0.25) is 0 Å². The van der Waals surface area contributed by atoms with Gasteiger partial charge in [0.25, 0.3) is 0 Å². The lowest BCUT2D eigenvalue weighted by Crippen LogP contribution is -2.02. The van der Waals surface area contributed by atoms with E-state index in [-0.39, 0.29) is 5.69 Å². The number of nitro benzene ring substituents is 1. The highest BCUT2D eigenvalue weighted by Crippen LogP contribution is 2.28. The number of nitrogens with zero attached hydrogens (tertiary/aromatic N) is 1. The Kier molecular flexibility index (Phi) is 5.75. The van der Waals surface area contributed by atoms with Gasteiger partial charge in [0.05, 0.1) is 11.5 Å². The van der Waals surface area contributed by atoms with E-state index in [1.165, 1.54) is 11.6 Å². The normalized spacial score (nSPS) is 10.3. The van der Waals surface area contributed by atoms with Crippen molar-refractivity contribution in [2.75, 3.05) is 6.61 Å². The molecule has 0 saturated heterocycles. The fourth-order valence-corrected chi connectivity index (χ4v) is 2.36. The maximum atomic E-state index is 11.0. The second-order valence-corrected chi connectivity index (χ2v) is 5.19. The van der Waals surface area contributed by atoms with Gasteiger partial charge in [0, 0.05) is 11.4 Å². The zero-order valence-electron chi connectivity index (χ0n) is 11.5. The molecule has 0 amide bonds. The molecule has 0 saturated carbocycles. The fourth-order valence-electron chi connectivity index (χ4n) is 2.01. The average Bonchev–Trinajstić information content (AvgIpc) is 2.52. The lowest BCUT2D eigenvalue weighted by Gasteiger charge is -2.08. The molecular weight excluding hydrogens is 334 g/mol. The Morgan fingerprint density at radius 2 is 1.86 bits per heavy atom. The number of ether oxygens (including phenoxy) is 1. The number of nitro groups is 1. The summed E-state index contributed by atoms with van der Waals surface area (Å²) in [4.78, 5) is 10.6. The van der Waals surface area contributed by atoms with E-state index in [2.05, 4.69) is 28.1 Å². The predicted molar refractivity (Wildman–Crippen MR) is 86.0 cm³/mol.